The van der Waals surface area contributed by atoms with E-state index < -0.39 is 0 Å². The van der Waals surface area contributed by atoms with E-state index in [1.54, 1.807) is 11.8 Å². The zero-order chi connectivity index (χ0) is 23.4. The third-order valence-corrected chi connectivity index (χ3v) is 9.51. The van der Waals surface area contributed by atoms with Crippen molar-refractivity contribution in [3.63, 3.8) is 0 Å². The highest BCUT2D eigenvalue weighted by Crippen LogP contribution is 2.46. The summed E-state index contributed by atoms with van der Waals surface area (Å²) in [6, 6.07) is 9.01. The summed E-state index contributed by atoms with van der Waals surface area (Å²) in [5.41, 5.74) is 7.20. The normalized spacial score (nSPS) is 32.4. The number of rotatable bonds is 8. The molecule has 6 heteroatoms. The number of carbonyl (C=O) groups is 1. The van der Waals surface area contributed by atoms with Gasteiger partial charge in [-0.25, -0.2) is 0 Å². The maximum Gasteiger partial charge on any atom is 0.240 e. The summed E-state index contributed by atoms with van der Waals surface area (Å²) in [5.74, 6) is 1.00. The Morgan fingerprint density at radius 1 is 1.21 bits per heavy atom. The Balaban J connectivity index is 1.36. The van der Waals surface area contributed by atoms with E-state index in [9.17, 15) is 4.79 Å². The van der Waals surface area contributed by atoms with E-state index in [4.69, 9.17) is 11.1 Å². The average Bonchev–Trinajstić information content (AvgIpc) is 2.79. The molecular weight excluding hydrogens is 428 g/mol. The van der Waals surface area contributed by atoms with Crippen molar-refractivity contribution in [3.8, 4) is 0 Å². The zero-order valence-corrected chi connectivity index (χ0v) is 21.3. The lowest BCUT2D eigenvalue weighted by molar-refractivity contribution is -0.119. The molecule has 1 aliphatic carbocycles. The Morgan fingerprint density at radius 2 is 2.03 bits per heavy atom. The molecule has 1 aromatic carbocycles. The van der Waals surface area contributed by atoms with Crippen LogP contribution >= 0.6 is 11.8 Å². The summed E-state index contributed by atoms with van der Waals surface area (Å²) in [6.07, 6.45) is 12.5. The molecule has 1 saturated heterocycles. The molecule has 2 aliphatic heterocycles. The Hall–Kier alpha value is -1.53. The molecule has 5 atom stereocenters. The van der Waals surface area contributed by atoms with Crippen LogP contribution < -0.4 is 16.0 Å². The predicted molar refractivity (Wildman–Crippen MR) is 139 cm³/mol. The second-order valence-corrected chi connectivity index (χ2v) is 12.1. The molecule has 182 valence electrons. The number of amidine groups is 1. The van der Waals surface area contributed by atoms with Crippen LogP contribution in [-0.2, 0) is 4.79 Å². The number of hydrogen-bond donors (Lipinski definition) is 3. The third kappa shape index (κ3) is 5.94. The van der Waals surface area contributed by atoms with E-state index in [2.05, 4.69) is 42.3 Å². The van der Waals surface area contributed by atoms with E-state index >= 15 is 0 Å². The summed E-state index contributed by atoms with van der Waals surface area (Å²) in [6.45, 7) is 5.49. The number of amides is 1. The van der Waals surface area contributed by atoms with Gasteiger partial charge in [0.1, 0.15) is 0 Å². The van der Waals surface area contributed by atoms with Gasteiger partial charge in [0.05, 0.1) is 16.8 Å². The number of hydrogen-bond acceptors (Lipinski definition) is 4. The van der Waals surface area contributed by atoms with Crippen LogP contribution in [0.1, 0.15) is 84.5 Å². The highest BCUT2D eigenvalue weighted by molar-refractivity contribution is 8.01. The SMILES string of the molecule is C[C@H]1CCC[C@@](C)(CCCCCN2C(=O)C(C3CCCC(C(=N)N)C3)Sc3ccccc32)N1. The second kappa shape index (κ2) is 10.8. The van der Waals surface area contributed by atoms with Crippen LogP contribution in [0.15, 0.2) is 29.2 Å². The number of para-hydroxylation sites is 1. The average molecular weight is 471 g/mol. The Morgan fingerprint density at radius 3 is 2.82 bits per heavy atom. The van der Waals surface area contributed by atoms with Gasteiger partial charge in [-0.1, -0.05) is 37.8 Å². The Kier molecular flexibility index (Phi) is 8.06. The molecule has 0 bridgehead atoms. The number of carbonyl (C=O) groups excluding carboxylic acids is 1. The van der Waals surface area contributed by atoms with Crippen molar-refractivity contribution >= 4 is 29.2 Å². The molecule has 3 aliphatic rings. The number of anilines is 1. The fraction of sp³-hybridized carbons (Fsp3) is 0.704. The molecule has 1 amide bonds. The van der Waals surface area contributed by atoms with Crippen LogP contribution in [0.25, 0.3) is 0 Å². The fourth-order valence-corrected chi connectivity index (χ4v) is 7.65. The van der Waals surface area contributed by atoms with Crippen LogP contribution in [0.3, 0.4) is 0 Å². The summed E-state index contributed by atoms with van der Waals surface area (Å²) in [5, 5.41) is 11.7. The van der Waals surface area contributed by atoms with Crippen LogP contribution in [0, 0.1) is 17.2 Å². The maximum atomic E-state index is 13.7. The minimum Gasteiger partial charge on any atom is -0.387 e. The topological polar surface area (TPSA) is 82.2 Å². The molecule has 2 fully saturated rings. The van der Waals surface area contributed by atoms with Gasteiger partial charge < -0.3 is 16.0 Å². The summed E-state index contributed by atoms with van der Waals surface area (Å²) < 4.78 is 0. The molecule has 1 aromatic rings. The number of thioether (sulfide) groups is 1. The van der Waals surface area contributed by atoms with Crippen molar-refractivity contribution in [1.29, 1.82) is 5.41 Å². The van der Waals surface area contributed by atoms with Crippen molar-refractivity contribution < 1.29 is 4.79 Å². The molecule has 1 saturated carbocycles. The number of nitrogens with one attached hydrogen (secondary N) is 2. The van der Waals surface area contributed by atoms with Gasteiger partial charge in [0.15, 0.2) is 0 Å². The lowest BCUT2D eigenvalue weighted by Crippen LogP contribution is -2.50. The number of unbranched alkanes of at least 4 members (excludes halogenated alkanes) is 2. The third-order valence-electron chi connectivity index (χ3n) is 8.07. The highest BCUT2D eigenvalue weighted by atomic mass is 32.2. The minimum absolute atomic E-state index is 0.0473. The number of nitrogens with zero attached hydrogens (tertiary/aromatic N) is 1. The molecule has 0 aromatic heterocycles. The number of nitrogens with two attached hydrogens (primary N) is 1. The zero-order valence-electron chi connectivity index (χ0n) is 20.4. The molecule has 0 radical (unpaired) electrons. The Labute approximate surface area is 204 Å². The number of fused-ring (bicyclic) bond motifs is 1. The van der Waals surface area contributed by atoms with Crippen molar-refractivity contribution in [2.24, 2.45) is 17.6 Å². The van der Waals surface area contributed by atoms with Gasteiger partial charge in [-0.3, -0.25) is 10.2 Å². The van der Waals surface area contributed by atoms with Crippen LogP contribution in [-0.4, -0.2) is 35.1 Å². The Bertz CT molecular complexity index is 845. The summed E-state index contributed by atoms with van der Waals surface area (Å²) in [4.78, 5) is 17.0. The van der Waals surface area contributed by atoms with E-state index in [1.807, 2.05) is 6.07 Å². The van der Waals surface area contributed by atoms with Crippen molar-refractivity contribution in [1.82, 2.24) is 5.32 Å². The van der Waals surface area contributed by atoms with Gasteiger partial charge in [-0.15, -0.1) is 11.8 Å². The number of piperidine rings is 1. The van der Waals surface area contributed by atoms with E-state index in [0.717, 1.165) is 50.8 Å². The first-order chi connectivity index (χ1) is 15.9. The highest BCUT2D eigenvalue weighted by Gasteiger charge is 2.40. The van der Waals surface area contributed by atoms with Gasteiger partial charge in [0.2, 0.25) is 5.91 Å². The van der Waals surface area contributed by atoms with Crippen molar-refractivity contribution in [2.75, 3.05) is 11.4 Å². The standard InChI is InChI=1S/C27H42N4OS/c1-19-10-9-16-27(2,30-19)15-6-3-7-17-31-22-13-4-5-14-23(22)33-24(26(31)32)20-11-8-12-21(18-20)25(28)29/h4-5,13-14,19-21,24,30H,3,6-12,15-18H2,1-2H3,(H3,28,29)/t19-,20?,21?,24?,27+/m0/s1. The van der Waals surface area contributed by atoms with Crippen molar-refractivity contribution in [2.45, 2.75) is 106 Å². The van der Waals surface area contributed by atoms with Crippen LogP contribution in [0.5, 0.6) is 0 Å². The molecule has 0 spiro atoms. The summed E-state index contributed by atoms with van der Waals surface area (Å²) >= 11 is 1.74. The monoisotopic (exact) mass is 470 g/mol. The predicted octanol–water partition coefficient (Wildman–Crippen LogP) is 5.72. The van der Waals surface area contributed by atoms with Gasteiger partial charge in [-0.2, -0.15) is 0 Å². The first-order valence-electron chi connectivity index (χ1n) is 13.0. The van der Waals surface area contributed by atoms with Crippen LogP contribution in [0.4, 0.5) is 5.69 Å². The second-order valence-electron chi connectivity index (χ2n) is 10.9. The number of benzene rings is 1. The fourth-order valence-electron chi connectivity index (χ4n) is 6.25. The van der Waals surface area contributed by atoms with Gasteiger partial charge in [0.25, 0.3) is 0 Å². The van der Waals surface area contributed by atoms with Gasteiger partial charge in [0, 0.05) is 28.9 Å². The van der Waals surface area contributed by atoms with E-state index in [0.29, 0.717) is 17.8 Å². The molecule has 3 unspecified atom stereocenters. The molecule has 4 rings (SSSR count). The maximum absolute atomic E-state index is 13.7. The molecular formula is C27H42N4OS. The lowest BCUT2D eigenvalue weighted by atomic mass is 9.79. The van der Waals surface area contributed by atoms with Gasteiger partial charge >= 0.3 is 0 Å². The van der Waals surface area contributed by atoms with E-state index in [1.165, 1.54) is 37.0 Å². The molecule has 2 heterocycles. The first-order valence-corrected chi connectivity index (χ1v) is 13.9. The summed E-state index contributed by atoms with van der Waals surface area (Å²) in [7, 11) is 0. The largest absolute Gasteiger partial charge is 0.387 e. The smallest absolute Gasteiger partial charge is 0.240 e. The molecule has 5 nitrogen and oxygen atoms in total. The quantitative estimate of drug-likeness (QED) is 0.258. The van der Waals surface area contributed by atoms with Crippen molar-refractivity contribution in [3.05, 3.63) is 24.3 Å². The molecule has 4 N–H and O–H groups in total. The first kappa shape index (κ1) is 24.6. The van der Waals surface area contributed by atoms with E-state index in [-0.39, 0.29) is 22.6 Å². The van der Waals surface area contributed by atoms with Gasteiger partial charge in [-0.05, 0) is 76.8 Å². The molecule has 33 heavy (non-hydrogen) atoms. The van der Waals surface area contributed by atoms with Crippen LogP contribution in [0.2, 0.25) is 0 Å². The lowest BCUT2D eigenvalue weighted by Gasteiger charge is -2.40. The minimum atomic E-state index is -0.0473.